The molecule has 1 aliphatic heterocycles. The first-order valence-corrected chi connectivity index (χ1v) is 10.4. The van der Waals surface area contributed by atoms with Gasteiger partial charge < -0.3 is 15.5 Å². The maximum atomic E-state index is 11.2. The van der Waals surface area contributed by atoms with Crippen molar-refractivity contribution in [3.63, 3.8) is 0 Å². The third-order valence-electron chi connectivity index (χ3n) is 5.06. The molecule has 0 radical (unpaired) electrons. The number of nitrogens with one attached hydrogen (secondary N) is 2. The van der Waals surface area contributed by atoms with Crippen molar-refractivity contribution in [2.24, 2.45) is 4.99 Å². The van der Waals surface area contributed by atoms with Crippen LogP contribution in [0, 0.1) is 0 Å². The molecule has 6 nitrogen and oxygen atoms in total. The minimum absolute atomic E-state index is 0. The molecule has 0 bridgehead atoms. The van der Waals surface area contributed by atoms with Crippen molar-refractivity contribution in [1.29, 1.82) is 0 Å². The second kappa shape index (κ2) is 13.1. The van der Waals surface area contributed by atoms with Crippen LogP contribution in [-0.4, -0.2) is 61.4 Å². The van der Waals surface area contributed by atoms with Crippen molar-refractivity contribution in [2.45, 2.75) is 13.5 Å². The number of hydrogen-bond donors (Lipinski definition) is 2. The van der Waals surface area contributed by atoms with E-state index in [-0.39, 0.29) is 29.9 Å². The van der Waals surface area contributed by atoms with Gasteiger partial charge in [-0.15, -0.1) is 24.0 Å². The highest BCUT2D eigenvalue weighted by Crippen LogP contribution is 2.11. The highest BCUT2D eigenvalue weighted by Gasteiger charge is 2.18. The van der Waals surface area contributed by atoms with E-state index in [1.54, 1.807) is 0 Å². The Morgan fingerprint density at radius 3 is 2.48 bits per heavy atom. The summed E-state index contributed by atoms with van der Waals surface area (Å²) in [6.07, 6.45) is 4.42. The van der Waals surface area contributed by atoms with Gasteiger partial charge in [0.25, 0.3) is 0 Å². The molecule has 2 aromatic carbocycles. The summed E-state index contributed by atoms with van der Waals surface area (Å²) in [5.41, 5.74) is 3.16. The van der Waals surface area contributed by atoms with E-state index in [0.717, 1.165) is 49.9 Å². The molecule has 31 heavy (non-hydrogen) atoms. The average Bonchev–Trinajstić information content (AvgIpc) is 2.76. The molecule has 7 heteroatoms. The first-order chi connectivity index (χ1) is 14.6. The lowest BCUT2D eigenvalue weighted by molar-refractivity contribution is -0.114. The molecule has 0 atom stereocenters. The van der Waals surface area contributed by atoms with Crippen molar-refractivity contribution in [2.75, 3.05) is 45.1 Å². The molecule has 3 rings (SSSR count). The fourth-order valence-corrected chi connectivity index (χ4v) is 3.52. The van der Waals surface area contributed by atoms with E-state index in [9.17, 15) is 4.79 Å². The number of hydrogen-bond acceptors (Lipinski definition) is 3. The van der Waals surface area contributed by atoms with E-state index in [1.165, 1.54) is 12.5 Å². The lowest BCUT2D eigenvalue weighted by atomic mass is 10.2. The van der Waals surface area contributed by atoms with Gasteiger partial charge in [0.1, 0.15) is 0 Å². The summed E-state index contributed by atoms with van der Waals surface area (Å²) in [7, 11) is 1.82. The molecule has 0 saturated carbocycles. The van der Waals surface area contributed by atoms with Gasteiger partial charge in [-0.25, -0.2) is 0 Å². The first-order valence-electron chi connectivity index (χ1n) is 10.4. The number of anilines is 1. The Bertz CT molecular complexity index is 877. The summed E-state index contributed by atoms with van der Waals surface area (Å²) in [4.78, 5) is 20.5. The number of guanidine groups is 1. The van der Waals surface area contributed by atoms with E-state index in [1.807, 2.05) is 37.4 Å². The van der Waals surface area contributed by atoms with Crippen LogP contribution in [0.5, 0.6) is 0 Å². The molecule has 1 saturated heterocycles. The molecule has 1 fully saturated rings. The van der Waals surface area contributed by atoms with Gasteiger partial charge in [-0.3, -0.25) is 14.7 Å². The molecule has 1 aliphatic rings. The van der Waals surface area contributed by atoms with E-state index >= 15 is 0 Å². The second-order valence-electron chi connectivity index (χ2n) is 7.38. The van der Waals surface area contributed by atoms with Crippen LogP contribution < -0.4 is 10.6 Å². The van der Waals surface area contributed by atoms with Crippen LogP contribution in [0.3, 0.4) is 0 Å². The Hall–Kier alpha value is -2.39. The van der Waals surface area contributed by atoms with Gasteiger partial charge in [-0.05, 0) is 23.3 Å². The van der Waals surface area contributed by atoms with Crippen LogP contribution in [0.25, 0.3) is 6.08 Å². The second-order valence-corrected chi connectivity index (χ2v) is 7.38. The topological polar surface area (TPSA) is 60.0 Å². The normalized spacial score (nSPS) is 14.9. The Balaban J connectivity index is 0.00000341. The predicted octanol–water partition coefficient (Wildman–Crippen LogP) is 3.67. The molecule has 2 aromatic rings. The lowest BCUT2D eigenvalue weighted by Gasteiger charge is -2.36. The number of rotatable bonds is 6. The summed E-state index contributed by atoms with van der Waals surface area (Å²) < 4.78 is 0. The zero-order valence-electron chi connectivity index (χ0n) is 18.3. The third kappa shape index (κ3) is 8.34. The van der Waals surface area contributed by atoms with Crippen LogP contribution in [0.15, 0.2) is 65.7 Å². The van der Waals surface area contributed by atoms with Gasteiger partial charge in [-0.1, -0.05) is 54.6 Å². The zero-order chi connectivity index (χ0) is 21.2. The number of carbonyl (C=O) groups is 1. The van der Waals surface area contributed by atoms with Gasteiger partial charge in [0.2, 0.25) is 5.91 Å². The summed E-state index contributed by atoms with van der Waals surface area (Å²) >= 11 is 0. The summed E-state index contributed by atoms with van der Waals surface area (Å²) in [5, 5.41) is 6.27. The molecule has 2 N–H and O–H groups in total. The molecule has 166 valence electrons. The van der Waals surface area contributed by atoms with Gasteiger partial charge >= 0.3 is 0 Å². The van der Waals surface area contributed by atoms with Crippen LogP contribution in [0.1, 0.15) is 18.1 Å². The molecule has 0 spiro atoms. The molecule has 0 unspecified atom stereocenters. The molecule has 1 amide bonds. The summed E-state index contributed by atoms with van der Waals surface area (Å²) in [6.45, 7) is 7.07. The highest BCUT2D eigenvalue weighted by molar-refractivity contribution is 14.0. The fourth-order valence-electron chi connectivity index (χ4n) is 3.52. The molecular weight excluding hydrogens is 501 g/mol. The van der Waals surface area contributed by atoms with Crippen LogP contribution in [0.4, 0.5) is 5.69 Å². The summed E-state index contributed by atoms with van der Waals surface area (Å²) in [6, 6.07) is 18.3. The standard InChI is InChI=1S/C24H31N5O.HI/c1-20(30)27-23-12-6-10-22(18-23)19-26-24(25-2)29-16-14-28(15-17-29)13-7-11-21-8-4-3-5-9-21;/h3-12,18H,13-17,19H2,1-2H3,(H,25,26)(H,27,30);1H/b11-7+;. The lowest BCUT2D eigenvalue weighted by Crippen LogP contribution is -2.52. The number of piperazine rings is 1. The van der Waals surface area contributed by atoms with E-state index in [4.69, 9.17) is 0 Å². The number of amides is 1. The monoisotopic (exact) mass is 533 g/mol. The van der Waals surface area contributed by atoms with E-state index in [0.29, 0.717) is 6.54 Å². The minimum Gasteiger partial charge on any atom is -0.352 e. The molecule has 0 aliphatic carbocycles. The Labute approximate surface area is 202 Å². The van der Waals surface area contributed by atoms with Gasteiger partial charge in [0, 0.05) is 58.9 Å². The largest absolute Gasteiger partial charge is 0.352 e. The van der Waals surface area contributed by atoms with Gasteiger partial charge in [-0.2, -0.15) is 0 Å². The maximum Gasteiger partial charge on any atom is 0.221 e. The van der Waals surface area contributed by atoms with Crippen molar-refractivity contribution in [3.05, 3.63) is 71.8 Å². The number of aliphatic imine (C=N–C) groups is 1. The van der Waals surface area contributed by atoms with Gasteiger partial charge in [0.15, 0.2) is 5.96 Å². The first kappa shape index (κ1) is 24.9. The van der Waals surface area contributed by atoms with Crippen LogP contribution >= 0.6 is 24.0 Å². The molecule has 0 aromatic heterocycles. The van der Waals surface area contributed by atoms with E-state index < -0.39 is 0 Å². The van der Waals surface area contributed by atoms with E-state index in [2.05, 4.69) is 61.8 Å². The van der Waals surface area contributed by atoms with Crippen LogP contribution in [-0.2, 0) is 11.3 Å². The highest BCUT2D eigenvalue weighted by atomic mass is 127. The number of carbonyl (C=O) groups excluding carboxylic acids is 1. The Morgan fingerprint density at radius 2 is 1.81 bits per heavy atom. The molecular formula is C24H32IN5O. The predicted molar refractivity (Wildman–Crippen MR) is 140 cm³/mol. The quantitative estimate of drug-likeness (QED) is 0.338. The Kier molecular flexibility index (Phi) is 10.5. The smallest absolute Gasteiger partial charge is 0.221 e. The fraction of sp³-hybridized carbons (Fsp3) is 0.333. The maximum absolute atomic E-state index is 11.2. The van der Waals surface area contributed by atoms with Crippen molar-refractivity contribution in [3.8, 4) is 0 Å². The number of halogens is 1. The minimum atomic E-state index is -0.0626. The van der Waals surface area contributed by atoms with Crippen molar-refractivity contribution in [1.82, 2.24) is 15.1 Å². The summed E-state index contributed by atoms with van der Waals surface area (Å²) in [5.74, 6) is 0.854. The van der Waals surface area contributed by atoms with Crippen molar-refractivity contribution < 1.29 is 4.79 Å². The zero-order valence-corrected chi connectivity index (χ0v) is 20.6. The van der Waals surface area contributed by atoms with Gasteiger partial charge in [0.05, 0.1) is 0 Å². The van der Waals surface area contributed by atoms with Crippen LogP contribution in [0.2, 0.25) is 0 Å². The SMILES string of the molecule is CN=C(NCc1cccc(NC(C)=O)c1)N1CCN(C/C=C/c2ccccc2)CC1.I. The number of nitrogens with zero attached hydrogens (tertiary/aromatic N) is 3. The average molecular weight is 533 g/mol. The number of benzene rings is 2. The third-order valence-corrected chi connectivity index (χ3v) is 5.06. The molecule has 1 heterocycles. The van der Waals surface area contributed by atoms with Crippen molar-refractivity contribution >= 4 is 47.6 Å². The Morgan fingerprint density at radius 1 is 1.06 bits per heavy atom.